The van der Waals surface area contributed by atoms with E-state index in [1.54, 1.807) is 18.5 Å². The Morgan fingerprint density at radius 1 is 1.28 bits per heavy atom. The third-order valence-electron chi connectivity index (χ3n) is 4.26. The van der Waals surface area contributed by atoms with Crippen LogP contribution in [0.1, 0.15) is 5.56 Å². The van der Waals surface area contributed by atoms with Crippen molar-refractivity contribution in [2.75, 3.05) is 39.0 Å². The quantitative estimate of drug-likeness (QED) is 0.808. The Labute approximate surface area is 151 Å². The zero-order valence-electron chi connectivity index (χ0n) is 14.1. The van der Waals surface area contributed by atoms with E-state index in [9.17, 15) is 10.1 Å². The van der Waals surface area contributed by atoms with Crippen LogP contribution < -0.4 is 4.90 Å². The minimum Gasteiger partial charge on any atom is -0.334 e. The SMILES string of the molecule is C[NH+]1CCN(C(=O)CSc2nc(-c3ccncc3)ccc2C#N)CC1. The maximum absolute atomic E-state index is 12.4. The van der Waals surface area contributed by atoms with Crippen LogP contribution >= 0.6 is 11.8 Å². The second-order valence-corrected chi connectivity index (χ2v) is 6.99. The topological polar surface area (TPSA) is 74.3 Å². The van der Waals surface area contributed by atoms with Crippen molar-refractivity contribution in [2.45, 2.75) is 5.03 Å². The number of aromatic nitrogens is 2. The molecule has 1 amide bonds. The lowest BCUT2D eigenvalue weighted by atomic mass is 10.1. The predicted molar refractivity (Wildman–Crippen MR) is 96.1 cm³/mol. The van der Waals surface area contributed by atoms with Crippen molar-refractivity contribution < 1.29 is 9.69 Å². The third-order valence-corrected chi connectivity index (χ3v) is 5.23. The summed E-state index contributed by atoms with van der Waals surface area (Å²) in [6.07, 6.45) is 3.42. The standard InChI is InChI=1S/C18H19N5OS/c1-22-8-10-23(11-9-22)17(24)13-25-18-15(12-19)2-3-16(21-18)14-4-6-20-7-5-14/h2-7H,8-11,13H2,1H3/p+1. The van der Waals surface area contributed by atoms with Crippen molar-refractivity contribution in [1.29, 1.82) is 5.26 Å². The molecule has 25 heavy (non-hydrogen) atoms. The Kier molecular flexibility index (Phi) is 5.64. The van der Waals surface area contributed by atoms with Gasteiger partial charge in [0.25, 0.3) is 0 Å². The Hall–Kier alpha value is -2.43. The first-order valence-electron chi connectivity index (χ1n) is 8.21. The highest BCUT2D eigenvalue weighted by molar-refractivity contribution is 8.00. The fraction of sp³-hybridized carbons (Fsp3) is 0.333. The number of nitrogens with zero attached hydrogens (tertiary/aromatic N) is 4. The number of nitriles is 1. The van der Waals surface area contributed by atoms with Crippen molar-refractivity contribution in [3.63, 3.8) is 0 Å². The van der Waals surface area contributed by atoms with E-state index in [4.69, 9.17) is 0 Å². The highest BCUT2D eigenvalue weighted by atomic mass is 32.2. The fourth-order valence-electron chi connectivity index (χ4n) is 2.68. The van der Waals surface area contributed by atoms with Gasteiger partial charge < -0.3 is 9.80 Å². The molecule has 0 radical (unpaired) electrons. The van der Waals surface area contributed by atoms with Gasteiger partial charge in [0.05, 0.1) is 50.2 Å². The molecule has 3 rings (SSSR count). The number of rotatable bonds is 4. The molecular formula is C18H20N5OS+. The van der Waals surface area contributed by atoms with Gasteiger partial charge in [-0.15, -0.1) is 0 Å². The molecule has 1 fully saturated rings. The van der Waals surface area contributed by atoms with Gasteiger partial charge in [-0.2, -0.15) is 5.26 Å². The number of amides is 1. The molecule has 1 aliphatic rings. The van der Waals surface area contributed by atoms with Crippen LogP contribution in [0.3, 0.4) is 0 Å². The molecule has 0 bridgehead atoms. The van der Waals surface area contributed by atoms with Crippen LogP contribution in [0.5, 0.6) is 0 Å². The van der Waals surface area contributed by atoms with Crippen molar-refractivity contribution in [1.82, 2.24) is 14.9 Å². The van der Waals surface area contributed by atoms with Crippen molar-refractivity contribution in [3.8, 4) is 17.3 Å². The van der Waals surface area contributed by atoms with Gasteiger partial charge in [0.1, 0.15) is 11.1 Å². The van der Waals surface area contributed by atoms with E-state index < -0.39 is 0 Å². The minimum atomic E-state index is 0.109. The number of carbonyl (C=O) groups excluding carboxylic acids is 1. The number of likely N-dealkylation sites (N-methyl/N-ethyl adjacent to an activating group) is 1. The van der Waals surface area contributed by atoms with Gasteiger partial charge in [-0.3, -0.25) is 9.78 Å². The summed E-state index contributed by atoms with van der Waals surface area (Å²) in [7, 11) is 2.14. The summed E-state index contributed by atoms with van der Waals surface area (Å²) in [5, 5.41) is 9.91. The molecule has 7 heteroatoms. The lowest BCUT2D eigenvalue weighted by Crippen LogP contribution is -3.12. The summed E-state index contributed by atoms with van der Waals surface area (Å²) >= 11 is 1.34. The number of thioether (sulfide) groups is 1. The number of carbonyl (C=O) groups is 1. The molecule has 1 N–H and O–H groups in total. The molecule has 1 saturated heterocycles. The van der Waals surface area contributed by atoms with Crippen LogP contribution in [0, 0.1) is 11.3 Å². The van der Waals surface area contributed by atoms with E-state index in [0.29, 0.717) is 16.3 Å². The number of pyridine rings is 2. The lowest BCUT2D eigenvalue weighted by molar-refractivity contribution is -0.883. The third kappa shape index (κ3) is 4.35. The summed E-state index contributed by atoms with van der Waals surface area (Å²) in [5.41, 5.74) is 2.22. The fourth-order valence-corrected chi connectivity index (χ4v) is 3.55. The predicted octanol–water partition coefficient (Wildman–Crippen LogP) is 0.464. The van der Waals surface area contributed by atoms with Crippen LogP contribution in [-0.4, -0.2) is 59.8 Å². The van der Waals surface area contributed by atoms with Crippen LogP contribution in [0.25, 0.3) is 11.3 Å². The average Bonchev–Trinajstić information content (AvgIpc) is 2.67. The molecule has 0 aromatic carbocycles. The van der Waals surface area contributed by atoms with Gasteiger partial charge in [0.2, 0.25) is 5.91 Å². The first-order chi connectivity index (χ1) is 12.2. The highest BCUT2D eigenvalue weighted by Crippen LogP contribution is 2.25. The molecule has 0 unspecified atom stereocenters. The summed E-state index contributed by atoms with van der Waals surface area (Å²) in [6, 6.07) is 9.49. The number of piperazine rings is 1. The molecule has 0 saturated carbocycles. The van der Waals surface area contributed by atoms with Gasteiger partial charge in [-0.1, -0.05) is 11.8 Å². The molecule has 0 aliphatic carbocycles. The summed E-state index contributed by atoms with van der Waals surface area (Å²) in [4.78, 5) is 24.4. The van der Waals surface area contributed by atoms with E-state index in [1.807, 2.05) is 23.1 Å². The molecule has 3 heterocycles. The smallest absolute Gasteiger partial charge is 0.233 e. The van der Waals surface area contributed by atoms with Gasteiger partial charge in [0.15, 0.2) is 0 Å². The van der Waals surface area contributed by atoms with E-state index >= 15 is 0 Å². The maximum atomic E-state index is 12.4. The molecule has 0 spiro atoms. The van der Waals surface area contributed by atoms with E-state index in [-0.39, 0.29) is 5.91 Å². The second kappa shape index (κ2) is 8.10. The maximum Gasteiger partial charge on any atom is 0.233 e. The van der Waals surface area contributed by atoms with Gasteiger partial charge in [0, 0.05) is 18.0 Å². The number of nitrogens with one attached hydrogen (secondary N) is 1. The van der Waals surface area contributed by atoms with Gasteiger partial charge >= 0.3 is 0 Å². The molecule has 2 aromatic rings. The minimum absolute atomic E-state index is 0.109. The number of quaternary nitrogens is 1. The average molecular weight is 354 g/mol. The second-order valence-electron chi connectivity index (χ2n) is 6.02. The van der Waals surface area contributed by atoms with E-state index in [2.05, 4.69) is 23.1 Å². The zero-order valence-corrected chi connectivity index (χ0v) is 14.9. The van der Waals surface area contributed by atoms with Crippen LogP contribution in [0.4, 0.5) is 0 Å². The number of hydrogen-bond acceptors (Lipinski definition) is 5. The molecular weight excluding hydrogens is 334 g/mol. The van der Waals surface area contributed by atoms with Crippen molar-refractivity contribution in [3.05, 3.63) is 42.2 Å². The Morgan fingerprint density at radius 2 is 2.00 bits per heavy atom. The van der Waals surface area contributed by atoms with Crippen molar-refractivity contribution >= 4 is 17.7 Å². The van der Waals surface area contributed by atoms with Gasteiger partial charge in [-0.25, -0.2) is 4.98 Å². The largest absolute Gasteiger partial charge is 0.334 e. The summed E-state index contributed by atoms with van der Waals surface area (Å²) in [5.74, 6) is 0.415. The Morgan fingerprint density at radius 3 is 2.68 bits per heavy atom. The van der Waals surface area contributed by atoms with Crippen molar-refractivity contribution in [2.24, 2.45) is 0 Å². The van der Waals surface area contributed by atoms with E-state index in [1.165, 1.54) is 16.7 Å². The molecule has 128 valence electrons. The lowest BCUT2D eigenvalue weighted by Gasteiger charge is -2.30. The van der Waals surface area contributed by atoms with Crippen LogP contribution in [-0.2, 0) is 4.79 Å². The Bertz CT molecular complexity index is 782. The van der Waals surface area contributed by atoms with E-state index in [0.717, 1.165) is 37.4 Å². The van der Waals surface area contributed by atoms with Gasteiger partial charge in [-0.05, 0) is 24.3 Å². The van der Waals surface area contributed by atoms with Crippen LogP contribution in [0.15, 0.2) is 41.7 Å². The van der Waals surface area contributed by atoms with Crippen LogP contribution in [0.2, 0.25) is 0 Å². The monoisotopic (exact) mass is 354 g/mol. The number of hydrogen-bond donors (Lipinski definition) is 1. The first kappa shape index (κ1) is 17.4. The molecule has 2 aromatic heterocycles. The molecule has 6 nitrogen and oxygen atoms in total. The molecule has 0 atom stereocenters. The highest BCUT2D eigenvalue weighted by Gasteiger charge is 2.21. The normalized spacial score (nSPS) is 15.0. The first-order valence-corrected chi connectivity index (χ1v) is 9.19. The summed E-state index contributed by atoms with van der Waals surface area (Å²) < 4.78 is 0. The summed E-state index contributed by atoms with van der Waals surface area (Å²) in [6.45, 7) is 3.55. The Balaban J connectivity index is 1.71. The molecule has 1 aliphatic heterocycles. The zero-order chi connectivity index (χ0) is 17.6.